The van der Waals surface area contributed by atoms with Gasteiger partial charge >= 0.3 is 0 Å². The van der Waals surface area contributed by atoms with Crippen LogP contribution in [-0.2, 0) is 11.3 Å². The number of benzene rings is 1. The number of nitriles is 1. The number of halogens is 1. The summed E-state index contributed by atoms with van der Waals surface area (Å²) in [6.07, 6.45) is 1.57. The van der Waals surface area contributed by atoms with Crippen molar-refractivity contribution in [1.29, 1.82) is 5.26 Å². The van der Waals surface area contributed by atoms with Crippen LogP contribution in [0, 0.1) is 11.3 Å². The second-order valence-electron chi connectivity index (χ2n) is 5.14. The first-order valence-corrected chi connectivity index (χ1v) is 8.58. The number of rotatable bonds is 6. The predicted molar refractivity (Wildman–Crippen MR) is 99.4 cm³/mol. The van der Waals surface area contributed by atoms with E-state index in [4.69, 9.17) is 22.6 Å². The lowest BCUT2D eigenvalue weighted by Crippen LogP contribution is -2.23. The van der Waals surface area contributed by atoms with Crippen LogP contribution in [0.15, 0.2) is 52.1 Å². The molecule has 0 saturated carbocycles. The molecular weight excluding hydrogens is 360 g/mol. The highest BCUT2D eigenvalue weighted by Gasteiger charge is 2.16. The van der Waals surface area contributed by atoms with Crippen molar-refractivity contribution >= 4 is 40.0 Å². The minimum atomic E-state index is -0.414. The molecule has 128 valence electrons. The van der Waals surface area contributed by atoms with E-state index in [0.717, 1.165) is 11.8 Å². The molecule has 0 fully saturated rings. The summed E-state index contributed by atoms with van der Waals surface area (Å²) < 4.78 is 1.41. The number of carbonyl (C=O) groups excluding carboxylic acids is 1. The SMILES string of the molecule is C=CCn1c(SCC(=O)/C(C#N)=C(/C)N)nc2ccc(Cl)cc2c1=O. The molecule has 0 amide bonds. The number of Topliss-reactive ketones (excluding diaryl/α,β-unsaturated/α-hetero) is 1. The standard InChI is InChI=1S/C17H15ClN4O2S/c1-3-6-22-16(24)12-7-11(18)4-5-14(12)21-17(22)25-9-15(23)13(8-19)10(2)20/h3-5,7H,1,6,9,20H2,2H3/b13-10-. The third-order valence-corrected chi connectivity index (χ3v) is 4.52. The number of carbonyl (C=O) groups is 1. The van der Waals surface area contributed by atoms with Crippen molar-refractivity contribution in [3.8, 4) is 6.07 Å². The maximum atomic E-state index is 12.7. The molecule has 0 aliphatic carbocycles. The average Bonchev–Trinajstić information content (AvgIpc) is 2.57. The van der Waals surface area contributed by atoms with Gasteiger partial charge in [-0.2, -0.15) is 5.26 Å². The molecule has 2 aromatic rings. The predicted octanol–water partition coefficient (Wildman–Crippen LogP) is 2.65. The maximum Gasteiger partial charge on any atom is 0.262 e. The van der Waals surface area contributed by atoms with Crippen LogP contribution in [0.25, 0.3) is 10.9 Å². The number of aromatic nitrogens is 2. The van der Waals surface area contributed by atoms with Crippen molar-refractivity contribution in [2.45, 2.75) is 18.6 Å². The van der Waals surface area contributed by atoms with Gasteiger partial charge in [-0.3, -0.25) is 14.2 Å². The Hall–Kier alpha value is -2.56. The van der Waals surface area contributed by atoms with Crippen LogP contribution in [-0.4, -0.2) is 21.1 Å². The Bertz CT molecular complexity index is 985. The van der Waals surface area contributed by atoms with Gasteiger partial charge in [0, 0.05) is 17.3 Å². The van der Waals surface area contributed by atoms with E-state index in [1.54, 1.807) is 30.3 Å². The van der Waals surface area contributed by atoms with E-state index in [2.05, 4.69) is 11.6 Å². The van der Waals surface area contributed by atoms with Crippen LogP contribution in [0.1, 0.15) is 6.92 Å². The second kappa shape index (κ2) is 8.01. The topological polar surface area (TPSA) is 102 Å². The van der Waals surface area contributed by atoms with Gasteiger partial charge in [0.1, 0.15) is 11.6 Å². The van der Waals surface area contributed by atoms with Crippen molar-refractivity contribution in [1.82, 2.24) is 9.55 Å². The minimum absolute atomic E-state index is 0.0554. The third-order valence-electron chi connectivity index (χ3n) is 3.31. The van der Waals surface area contributed by atoms with Gasteiger partial charge in [0.2, 0.25) is 0 Å². The lowest BCUT2D eigenvalue weighted by atomic mass is 10.2. The van der Waals surface area contributed by atoms with Crippen molar-refractivity contribution in [3.05, 3.63) is 57.5 Å². The fourth-order valence-electron chi connectivity index (χ4n) is 2.15. The third kappa shape index (κ3) is 4.10. The normalized spacial score (nSPS) is 11.7. The summed E-state index contributed by atoms with van der Waals surface area (Å²) in [6.45, 7) is 5.37. The molecule has 0 aliphatic rings. The van der Waals surface area contributed by atoms with E-state index < -0.39 is 5.78 Å². The Balaban J connectivity index is 2.45. The van der Waals surface area contributed by atoms with Crippen molar-refractivity contribution in [2.75, 3.05) is 5.75 Å². The fraction of sp³-hybridized carbons (Fsp3) is 0.176. The van der Waals surface area contributed by atoms with Gasteiger partial charge in [-0.25, -0.2) is 4.98 Å². The summed E-state index contributed by atoms with van der Waals surface area (Å²) in [5.41, 5.74) is 5.83. The number of thioether (sulfide) groups is 1. The van der Waals surface area contributed by atoms with E-state index in [9.17, 15) is 9.59 Å². The molecule has 0 unspecified atom stereocenters. The quantitative estimate of drug-likeness (QED) is 0.274. The number of ketones is 1. The van der Waals surface area contributed by atoms with Gasteiger partial charge in [0.05, 0.1) is 16.7 Å². The summed E-state index contributed by atoms with van der Waals surface area (Å²) in [6, 6.07) is 6.64. The van der Waals surface area contributed by atoms with Gasteiger partial charge in [0.15, 0.2) is 10.9 Å². The highest BCUT2D eigenvalue weighted by molar-refractivity contribution is 7.99. The van der Waals surface area contributed by atoms with Gasteiger partial charge in [0.25, 0.3) is 5.56 Å². The van der Waals surface area contributed by atoms with E-state index >= 15 is 0 Å². The number of nitrogens with zero attached hydrogens (tertiary/aromatic N) is 3. The molecule has 1 heterocycles. The first-order chi connectivity index (χ1) is 11.9. The van der Waals surface area contributed by atoms with Crippen LogP contribution in [0.5, 0.6) is 0 Å². The summed E-state index contributed by atoms with van der Waals surface area (Å²) >= 11 is 7.02. The lowest BCUT2D eigenvalue weighted by molar-refractivity contribution is -0.112. The number of hydrogen-bond acceptors (Lipinski definition) is 6. The molecule has 0 spiro atoms. The first-order valence-electron chi connectivity index (χ1n) is 7.22. The molecule has 0 atom stereocenters. The molecular formula is C17H15ClN4O2S. The number of nitrogens with two attached hydrogens (primary N) is 1. The molecule has 2 rings (SSSR count). The number of allylic oxidation sites excluding steroid dienone is 3. The van der Waals surface area contributed by atoms with Crippen LogP contribution in [0.3, 0.4) is 0 Å². The van der Waals surface area contributed by atoms with Gasteiger partial charge in [-0.15, -0.1) is 6.58 Å². The average molecular weight is 375 g/mol. The zero-order valence-corrected chi connectivity index (χ0v) is 15.0. The zero-order valence-electron chi connectivity index (χ0n) is 13.5. The van der Waals surface area contributed by atoms with Crippen molar-refractivity contribution in [3.63, 3.8) is 0 Å². The van der Waals surface area contributed by atoms with E-state index in [1.807, 2.05) is 0 Å². The largest absolute Gasteiger partial charge is 0.401 e. The molecule has 25 heavy (non-hydrogen) atoms. The molecule has 8 heteroatoms. The molecule has 0 radical (unpaired) electrons. The Morgan fingerprint density at radius 3 is 2.88 bits per heavy atom. The van der Waals surface area contributed by atoms with Crippen molar-refractivity contribution < 1.29 is 4.79 Å². The summed E-state index contributed by atoms with van der Waals surface area (Å²) in [5.74, 6) is -0.469. The van der Waals surface area contributed by atoms with Gasteiger partial charge < -0.3 is 5.73 Å². The van der Waals surface area contributed by atoms with Crippen LogP contribution in [0.2, 0.25) is 5.02 Å². The fourth-order valence-corrected chi connectivity index (χ4v) is 3.20. The van der Waals surface area contributed by atoms with Crippen molar-refractivity contribution in [2.24, 2.45) is 5.73 Å². The van der Waals surface area contributed by atoms with Crippen LogP contribution < -0.4 is 11.3 Å². The Morgan fingerprint density at radius 1 is 1.56 bits per heavy atom. The lowest BCUT2D eigenvalue weighted by Gasteiger charge is -2.11. The Labute approximate surface area is 153 Å². The Kier molecular flexibility index (Phi) is 6.02. The van der Waals surface area contributed by atoms with Gasteiger partial charge in [-0.1, -0.05) is 29.4 Å². The van der Waals surface area contributed by atoms with Crippen LogP contribution in [0.4, 0.5) is 0 Å². The highest BCUT2D eigenvalue weighted by Crippen LogP contribution is 2.21. The molecule has 0 aliphatic heterocycles. The maximum absolute atomic E-state index is 12.7. The minimum Gasteiger partial charge on any atom is -0.401 e. The number of hydrogen-bond donors (Lipinski definition) is 1. The first kappa shape index (κ1) is 18.8. The summed E-state index contributed by atoms with van der Waals surface area (Å²) in [4.78, 5) is 29.2. The second-order valence-corrected chi connectivity index (χ2v) is 6.52. The zero-order chi connectivity index (χ0) is 18.6. The molecule has 1 aromatic carbocycles. The highest BCUT2D eigenvalue weighted by atomic mass is 35.5. The smallest absolute Gasteiger partial charge is 0.262 e. The molecule has 0 saturated heterocycles. The van der Waals surface area contributed by atoms with E-state index in [0.29, 0.717) is 21.1 Å². The van der Waals surface area contributed by atoms with E-state index in [1.165, 1.54) is 11.5 Å². The molecule has 6 nitrogen and oxygen atoms in total. The molecule has 0 bridgehead atoms. The molecule has 1 aromatic heterocycles. The monoisotopic (exact) mass is 374 g/mol. The van der Waals surface area contributed by atoms with Crippen LogP contribution >= 0.6 is 23.4 Å². The molecule has 2 N–H and O–H groups in total. The summed E-state index contributed by atoms with van der Waals surface area (Å²) in [7, 11) is 0. The number of fused-ring (bicyclic) bond motifs is 1. The summed E-state index contributed by atoms with van der Waals surface area (Å²) in [5, 5.41) is 10.2. The van der Waals surface area contributed by atoms with Gasteiger partial charge in [-0.05, 0) is 25.1 Å². The van der Waals surface area contributed by atoms with E-state index in [-0.39, 0.29) is 29.1 Å². The Morgan fingerprint density at radius 2 is 2.28 bits per heavy atom.